The zero-order valence-electron chi connectivity index (χ0n) is 17.2. The summed E-state index contributed by atoms with van der Waals surface area (Å²) < 4.78 is 11.4. The van der Waals surface area contributed by atoms with Gasteiger partial charge in [-0.05, 0) is 73.0 Å². The van der Waals surface area contributed by atoms with Gasteiger partial charge in [0.15, 0.2) is 11.5 Å². The molecule has 2 N–H and O–H groups in total. The highest BCUT2D eigenvalue weighted by atomic mass is 16.5. The minimum absolute atomic E-state index is 0.0991. The van der Waals surface area contributed by atoms with Crippen molar-refractivity contribution in [2.24, 2.45) is 5.10 Å². The van der Waals surface area contributed by atoms with Gasteiger partial charge >= 0.3 is 0 Å². The Morgan fingerprint density at radius 3 is 2.53 bits per heavy atom. The number of carbonyl (C=O) groups is 1. The quantitative estimate of drug-likeness (QED) is 0.453. The number of carbonyl (C=O) groups excluding carboxylic acids is 1. The number of nitrogens with zero attached hydrogens (tertiary/aromatic N) is 1. The van der Waals surface area contributed by atoms with Crippen LogP contribution in [0.2, 0.25) is 0 Å². The smallest absolute Gasteiger partial charge is 0.271 e. The number of methoxy groups -OCH3 is 1. The lowest BCUT2D eigenvalue weighted by atomic mass is 10.1. The van der Waals surface area contributed by atoms with Gasteiger partial charge in [-0.25, -0.2) is 5.43 Å². The van der Waals surface area contributed by atoms with Gasteiger partial charge in [-0.3, -0.25) is 4.79 Å². The summed E-state index contributed by atoms with van der Waals surface area (Å²) in [7, 11) is 1.58. The van der Waals surface area contributed by atoms with Gasteiger partial charge in [-0.2, -0.15) is 5.10 Å². The molecule has 0 radical (unpaired) electrons. The molecule has 0 atom stereocenters. The second-order valence-corrected chi connectivity index (χ2v) is 6.87. The third-order valence-corrected chi connectivity index (χ3v) is 4.58. The maximum atomic E-state index is 12.0. The zero-order chi connectivity index (χ0) is 21.5. The molecule has 0 fully saturated rings. The molecular weight excluding hydrogens is 380 g/mol. The normalized spacial score (nSPS) is 10.8. The average Bonchev–Trinajstić information content (AvgIpc) is 2.75. The molecule has 30 heavy (non-hydrogen) atoms. The van der Waals surface area contributed by atoms with E-state index in [1.165, 1.54) is 41.6 Å². The van der Waals surface area contributed by atoms with Crippen molar-refractivity contribution in [1.82, 2.24) is 5.43 Å². The lowest BCUT2D eigenvalue weighted by molar-refractivity contribution is 0.0955. The number of benzene rings is 3. The van der Waals surface area contributed by atoms with E-state index in [1.54, 1.807) is 13.2 Å². The fraction of sp³-hybridized carbons (Fsp3) is 0.167. The Bertz CT molecular complexity index is 1060. The van der Waals surface area contributed by atoms with Crippen molar-refractivity contribution in [3.8, 4) is 17.2 Å². The Labute approximate surface area is 175 Å². The summed E-state index contributed by atoms with van der Waals surface area (Å²) in [4.78, 5) is 12.0. The fourth-order valence-corrected chi connectivity index (χ4v) is 2.84. The van der Waals surface area contributed by atoms with Crippen LogP contribution in [0.1, 0.15) is 32.6 Å². The summed E-state index contributed by atoms with van der Waals surface area (Å²) in [5.74, 6) is 0.937. The van der Waals surface area contributed by atoms with Crippen LogP contribution in [0.15, 0.2) is 65.8 Å². The van der Waals surface area contributed by atoms with Gasteiger partial charge < -0.3 is 14.6 Å². The molecule has 6 heteroatoms. The first-order chi connectivity index (χ1) is 14.5. The van der Waals surface area contributed by atoms with Crippen molar-refractivity contribution in [3.63, 3.8) is 0 Å². The Morgan fingerprint density at radius 2 is 1.80 bits per heavy atom. The molecule has 154 valence electrons. The Hall–Kier alpha value is -3.80. The third kappa shape index (κ3) is 5.38. The van der Waals surface area contributed by atoms with Gasteiger partial charge in [0.1, 0.15) is 12.4 Å². The number of hydrogen-bond acceptors (Lipinski definition) is 5. The Morgan fingerprint density at radius 1 is 1.03 bits per heavy atom. The van der Waals surface area contributed by atoms with Crippen molar-refractivity contribution >= 4 is 12.1 Å². The van der Waals surface area contributed by atoms with Gasteiger partial charge in [0.05, 0.1) is 13.3 Å². The predicted octanol–water partition coefficient (Wildman–Crippen LogP) is 4.36. The highest BCUT2D eigenvalue weighted by Crippen LogP contribution is 2.28. The molecule has 1 amide bonds. The van der Waals surface area contributed by atoms with Crippen LogP contribution in [0.5, 0.6) is 17.2 Å². The lowest BCUT2D eigenvalue weighted by Crippen LogP contribution is -2.17. The van der Waals surface area contributed by atoms with Crippen LogP contribution in [0, 0.1) is 13.8 Å². The molecule has 3 aromatic rings. The van der Waals surface area contributed by atoms with Crippen molar-refractivity contribution < 1.29 is 19.4 Å². The minimum atomic E-state index is -0.369. The Kier molecular flexibility index (Phi) is 6.70. The summed E-state index contributed by atoms with van der Waals surface area (Å²) in [6.45, 7) is 4.56. The first-order valence-corrected chi connectivity index (χ1v) is 9.45. The van der Waals surface area contributed by atoms with Gasteiger partial charge in [-0.1, -0.05) is 23.8 Å². The third-order valence-electron chi connectivity index (χ3n) is 4.58. The first kappa shape index (κ1) is 20.9. The monoisotopic (exact) mass is 404 g/mol. The van der Waals surface area contributed by atoms with Crippen LogP contribution in [0.3, 0.4) is 0 Å². The molecule has 3 aromatic carbocycles. The average molecular weight is 404 g/mol. The van der Waals surface area contributed by atoms with E-state index in [4.69, 9.17) is 9.47 Å². The van der Waals surface area contributed by atoms with Crippen LogP contribution in [0.25, 0.3) is 0 Å². The van der Waals surface area contributed by atoms with E-state index in [0.717, 1.165) is 11.1 Å². The number of phenolic OH excluding ortho intramolecular Hbond substituents is 1. The van der Waals surface area contributed by atoms with E-state index >= 15 is 0 Å². The maximum absolute atomic E-state index is 12.0. The number of phenols is 1. The molecule has 0 saturated heterocycles. The molecule has 6 nitrogen and oxygen atoms in total. The summed E-state index contributed by atoms with van der Waals surface area (Å²) in [5.41, 5.74) is 7.09. The number of amides is 1. The molecule has 0 bridgehead atoms. The van der Waals surface area contributed by atoms with Gasteiger partial charge in [0.25, 0.3) is 5.91 Å². The maximum Gasteiger partial charge on any atom is 0.271 e. The number of hydrogen-bond donors (Lipinski definition) is 2. The minimum Gasteiger partial charge on any atom is -0.508 e. The largest absolute Gasteiger partial charge is 0.508 e. The number of nitrogens with one attached hydrogen (secondary N) is 1. The molecule has 0 spiro atoms. The van der Waals surface area contributed by atoms with E-state index in [0.29, 0.717) is 23.7 Å². The van der Waals surface area contributed by atoms with E-state index in [-0.39, 0.29) is 11.7 Å². The predicted molar refractivity (Wildman–Crippen MR) is 116 cm³/mol. The number of rotatable bonds is 7. The summed E-state index contributed by atoms with van der Waals surface area (Å²) >= 11 is 0. The molecule has 0 aliphatic carbocycles. The van der Waals surface area contributed by atoms with Gasteiger partial charge in [-0.15, -0.1) is 0 Å². The van der Waals surface area contributed by atoms with Crippen LogP contribution < -0.4 is 14.9 Å². The van der Waals surface area contributed by atoms with Crippen molar-refractivity contribution in [2.75, 3.05) is 7.11 Å². The molecular formula is C24H24N2O4. The molecule has 0 aromatic heterocycles. The Balaban J connectivity index is 1.64. The van der Waals surface area contributed by atoms with Gasteiger partial charge in [0.2, 0.25) is 0 Å². The standard InChI is InChI=1S/C24H24N2O4/c1-16-4-5-17(2)20(12-16)15-30-22-11-6-18(13-23(22)29-3)14-25-26-24(28)19-7-9-21(27)10-8-19/h4-14,27H,15H2,1-3H3,(H,26,28)/b25-14-. The number of ether oxygens (including phenoxy) is 2. The van der Waals surface area contributed by atoms with Crippen LogP contribution in [-0.4, -0.2) is 24.3 Å². The highest BCUT2D eigenvalue weighted by Gasteiger charge is 2.08. The number of aryl methyl sites for hydroxylation is 2. The molecule has 0 heterocycles. The first-order valence-electron chi connectivity index (χ1n) is 9.45. The number of aromatic hydroxyl groups is 1. The van der Waals surface area contributed by atoms with Crippen molar-refractivity contribution in [1.29, 1.82) is 0 Å². The van der Waals surface area contributed by atoms with E-state index in [9.17, 15) is 9.90 Å². The SMILES string of the molecule is COc1cc(/C=N\NC(=O)c2ccc(O)cc2)ccc1OCc1cc(C)ccc1C. The van der Waals surface area contributed by atoms with E-state index < -0.39 is 0 Å². The molecule has 0 aliphatic rings. The topological polar surface area (TPSA) is 80.2 Å². The summed E-state index contributed by atoms with van der Waals surface area (Å²) in [5, 5.41) is 13.3. The van der Waals surface area contributed by atoms with Gasteiger partial charge in [0, 0.05) is 5.56 Å². The molecule has 0 saturated carbocycles. The van der Waals surface area contributed by atoms with Crippen LogP contribution in [0.4, 0.5) is 0 Å². The van der Waals surface area contributed by atoms with Crippen LogP contribution in [-0.2, 0) is 6.61 Å². The van der Waals surface area contributed by atoms with E-state index in [1.807, 2.05) is 12.1 Å². The lowest BCUT2D eigenvalue weighted by Gasteiger charge is -2.13. The van der Waals surface area contributed by atoms with Crippen molar-refractivity contribution in [2.45, 2.75) is 20.5 Å². The molecule has 0 unspecified atom stereocenters. The second kappa shape index (κ2) is 9.60. The second-order valence-electron chi connectivity index (χ2n) is 6.87. The van der Waals surface area contributed by atoms with Crippen LogP contribution >= 0.6 is 0 Å². The molecule has 0 aliphatic heterocycles. The zero-order valence-corrected chi connectivity index (χ0v) is 17.2. The number of hydrazone groups is 1. The van der Waals surface area contributed by atoms with Crippen molar-refractivity contribution in [3.05, 3.63) is 88.5 Å². The van der Waals surface area contributed by atoms with E-state index in [2.05, 4.69) is 42.6 Å². The summed E-state index contributed by atoms with van der Waals surface area (Å²) in [6.07, 6.45) is 1.52. The fourth-order valence-electron chi connectivity index (χ4n) is 2.84. The molecule has 3 rings (SSSR count). The highest BCUT2D eigenvalue weighted by molar-refractivity contribution is 5.95. The summed E-state index contributed by atoms with van der Waals surface area (Å²) in [6, 6.07) is 17.6.